The van der Waals surface area contributed by atoms with E-state index in [1.165, 1.54) is 7.11 Å². The van der Waals surface area contributed by atoms with Crippen molar-refractivity contribution in [3.63, 3.8) is 0 Å². The number of hydrogen-bond donors (Lipinski definition) is 2. The Hall–Kier alpha value is -1.30. The fraction of sp³-hybridized carbons (Fsp3) is 0.500. The molecule has 17 heavy (non-hydrogen) atoms. The molecular weight excluding hydrogens is 222 g/mol. The van der Waals surface area contributed by atoms with Gasteiger partial charge in [-0.15, -0.1) is 0 Å². The van der Waals surface area contributed by atoms with Crippen molar-refractivity contribution in [1.82, 2.24) is 0 Å². The number of rotatable bonds is 7. The van der Waals surface area contributed by atoms with E-state index in [2.05, 4.69) is 5.32 Å². The number of phenolic OH excluding ortho intramolecular Hbond substituents is 1. The smallest absolute Gasteiger partial charge is 0.206 e. The first-order chi connectivity index (χ1) is 8.21. The Morgan fingerprint density at radius 2 is 1.94 bits per heavy atom. The van der Waals surface area contributed by atoms with Crippen LogP contribution < -0.4 is 10.1 Å². The van der Waals surface area contributed by atoms with Gasteiger partial charge in [-0.25, -0.2) is 0 Å². The monoisotopic (exact) mass is 242 g/mol. The molecule has 0 aliphatic rings. The minimum atomic E-state index is -0.200. The van der Waals surface area contributed by atoms with Crippen LogP contribution in [0.4, 0.5) is 0 Å². The lowest BCUT2D eigenvalue weighted by Crippen LogP contribution is -2.85. The predicted octanol–water partition coefficient (Wildman–Crippen LogP) is 0.0831. The second-order valence-corrected chi connectivity index (χ2v) is 3.64. The van der Waals surface area contributed by atoms with Gasteiger partial charge < -0.3 is 24.6 Å². The zero-order chi connectivity index (χ0) is 12.7. The van der Waals surface area contributed by atoms with Crippen molar-refractivity contribution in [3.05, 3.63) is 23.8 Å². The van der Waals surface area contributed by atoms with E-state index in [4.69, 9.17) is 14.2 Å². The summed E-state index contributed by atoms with van der Waals surface area (Å²) in [4.78, 5) is 0. The van der Waals surface area contributed by atoms with Crippen molar-refractivity contribution >= 4 is 0 Å². The van der Waals surface area contributed by atoms with E-state index in [9.17, 15) is 5.11 Å². The molecule has 1 rings (SSSR count). The van der Waals surface area contributed by atoms with Crippen LogP contribution in [0.3, 0.4) is 0 Å². The lowest BCUT2D eigenvalue weighted by Gasteiger charge is -2.12. The first kappa shape index (κ1) is 13.8. The van der Waals surface area contributed by atoms with Crippen LogP contribution in [0.5, 0.6) is 11.5 Å². The molecular formula is C12H20NO4+. The average molecular weight is 242 g/mol. The lowest BCUT2D eigenvalue weighted by atomic mass is 10.2. The summed E-state index contributed by atoms with van der Waals surface area (Å²) in [5.74, 6) is 0.647. The topological polar surface area (TPSA) is 64.5 Å². The summed E-state index contributed by atoms with van der Waals surface area (Å²) < 4.78 is 15.2. The normalized spacial score (nSPS) is 10.8. The van der Waals surface area contributed by atoms with Gasteiger partial charge in [0.25, 0.3) is 0 Å². The van der Waals surface area contributed by atoms with E-state index in [0.717, 1.165) is 18.7 Å². The van der Waals surface area contributed by atoms with Gasteiger partial charge in [-0.3, -0.25) is 0 Å². The minimum Gasteiger partial charge on any atom is -0.504 e. The molecule has 3 N–H and O–H groups in total. The van der Waals surface area contributed by atoms with E-state index in [-0.39, 0.29) is 12.0 Å². The van der Waals surface area contributed by atoms with Crippen LogP contribution in [-0.2, 0) is 16.0 Å². The van der Waals surface area contributed by atoms with E-state index in [0.29, 0.717) is 5.75 Å². The quantitative estimate of drug-likeness (QED) is 0.665. The Balaban J connectivity index is 2.46. The first-order valence-corrected chi connectivity index (χ1v) is 5.44. The zero-order valence-electron chi connectivity index (χ0n) is 10.5. The van der Waals surface area contributed by atoms with Crippen LogP contribution in [0, 0.1) is 0 Å². The highest BCUT2D eigenvalue weighted by molar-refractivity contribution is 5.41. The summed E-state index contributed by atoms with van der Waals surface area (Å²) in [6, 6.07) is 5.32. The Morgan fingerprint density at radius 1 is 1.24 bits per heavy atom. The molecule has 0 radical (unpaired) electrons. The van der Waals surface area contributed by atoms with Crippen LogP contribution >= 0.6 is 0 Å². The Labute approximate surface area is 101 Å². The number of aromatic hydroxyl groups is 1. The van der Waals surface area contributed by atoms with E-state index in [1.807, 2.05) is 12.1 Å². The van der Waals surface area contributed by atoms with Gasteiger partial charge in [0, 0.05) is 19.8 Å². The zero-order valence-corrected chi connectivity index (χ0v) is 10.5. The second-order valence-electron chi connectivity index (χ2n) is 3.64. The molecule has 0 amide bonds. The summed E-state index contributed by atoms with van der Waals surface area (Å²) in [7, 11) is 4.77. The molecule has 1 aromatic carbocycles. The van der Waals surface area contributed by atoms with Gasteiger partial charge in [-0.1, -0.05) is 0 Å². The van der Waals surface area contributed by atoms with E-state index >= 15 is 0 Å². The van der Waals surface area contributed by atoms with Gasteiger partial charge >= 0.3 is 0 Å². The van der Waals surface area contributed by atoms with Crippen LogP contribution in [0.25, 0.3) is 0 Å². The molecule has 5 heteroatoms. The number of quaternary nitrogens is 1. The van der Waals surface area contributed by atoms with Crippen LogP contribution in [0.15, 0.2) is 18.2 Å². The third kappa shape index (κ3) is 4.22. The average Bonchev–Trinajstić information content (AvgIpc) is 2.36. The first-order valence-electron chi connectivity index (χ1n) is 5.44. The fourth-order valence-electron chi connectivity index (χ4n) is 1.52. The molecule has 1 aromatic rings. The SMILES string of the molecule is COc1cc(C[NH2+]CC(OC)OC)ccc1O. The molecule has 0 spiro atoms. The van der Waals surface area contributed by atoms with E-state index < -0.39 is 0 Å². The van der Waals surface area contributed by atoms with Crippen molar-refractivity contribution in [2.24, 2.45) is 0 Å². The lowest BCUT2D eigenvalue weighted by molar-refractivity contribution is -0.682. The van der Waals surface area contributed by atoms with Crippen LogP contribution in [0.1, 0.15) is 5.56 Å². The Bertz CT molecular complexity index is 339. The maximum absolute atomic E-state index is 9.45. The third-order valence-corrected chi connectivity index (χ3v) is 2.51. The number of hydrogen-bond acceptors (Lipinski definition) is 4. The van der Waals surface area contributed by atoms with Crippen molar-refractivity contribution in [3.8, 4) is 11.5 Å². The van der Waals surface area contributed by atoms with Crippen molar-refractivity contribution in [2.75, 3.05) is 27.9 Å². The highest BCUT2D eigenvalue weighted by Crippen LogP contribution is 2.25. The highest BCUT2D eigenvalue weighted by atomic mass is 16.7. The Kier molecular flexibility index (Phi) is 5.76. The molecule has 0 aromatic heterocycles. The maximum atomic E-state index is 9.45. The van der Waals surface area contributed by atoms with Crippen LogP contribution in [0.2, 0.25) is 0 Å². The molecule has 0 aliphatic carbocycles. The Morgan fingerprint density at radius 3 is 2.53 bits per heavy atom. The minimum absolute atomic E-state index is 0.155. The molecule has 0 saturated heterocycles. The van der Waals surface area contributed by atoms with Gasteiger partial charge in [0.15, 0.2) is 11.5 Å². The molecule has 96 valence electrons. The van der Waals surface area contributed by atoms with Gasteiger partial charge in [0.1, 0.15) is 13.1 Å². The third-order valence-electron chi connectivity index (χ3n) is 2.51. The van der Waals surface area contributed by atoms with Crippen LogP contribution in [-0.4, -0.2) is 39.3 Å². The maximum Gasteiger partial charge on any atom is 0.206 e. The molecule has 0 fully saturated rings. The molecule has 0 bridgehead atoms. The summed E-state index contributed by atoms with van der Waals surface area (Å²) in [5.41, 5.74) is 1.07. The summed E-state index contributed by atoms with van der Waals surface area (Å²) in [6.45, 7) is 1.50. The second kappa shape index (κ2) is 7.11. The predicted molar refractivity (Wildman–Crippen MR) is 63.0 cm³/mol. The number of benzene rings is 1. The number of methoxy groups -OCH3 is 3. The standard InChI is InChI=1S/C12H19NO4/c1-15-11-6-9(4-5-10(11)14)7-13-8-12(16-2)17-3/h4-6,12-14H,7-8H2,1-3H3/p+1. The largest absolute Gasteiger partial charge is 0.504 e. The molecule has 0 unspecified atom stereocenters. The van der Waals surface area contributed by atoms with Crippen molar-refractivity contribution in [2.45, 2.75) is 12.8 Å². The molecule has 0 heterocycles. The number of phenols is 1. The van der Waals surface area contributed by atoms with Crippen molar-refractivity contribution < 1.29 is 24.6 Å². The van der Waals surface area contributed by atoms with E-state index in [1.54, 1.807) is 20.3 Å². The summed E-state index contributed by atoms with van der Waals surface area (Å²) in [6.07, 6.45) is -0.200. The van der Waals surface area contributed by atoms with Gasteiger partial charge in [-0.2, -0.15) is 0 Å². The number of ether oxygens (including phenoxy) is 3. The molecule has 0 aliphatic heterocycles. The van der Waals surface area contributed by atoms with Gasteiger partial charge in [-0.05, 0) is 18.2 Å². The fourth-order valence-corrected chi connectivity index (χ4v) is 1.52. The molecule has 0 atom stereocenters. The number of nitrogens with two attached hydrogens (primary N) is 1. The van der Waals surface area contributed by atoms with Gasteiger partial charge in [0.05, 0.1) is 7.11 Å². The van der Waals surface area contributed by atoms with Crippen molar-refractivity contribution in [1.29, 1.82) is 0 Å². The summed E-state index contributed by atoms with van der Waals surface area (Å²) >= 11 is 0. The highest BCUT2D eigenvalue weighted by Gasteiger charge is 2.08. The molecule has 5 nitrogen and oxygen atoms in total. The summed E-state index contributed by atoms with van der Waals surface area (Å²) in [5, 5.41) is 11.5. The molecule has 0 saturated carbocycles. The van der Waals surface area contributed by atoms with Gasteiger partial charge in [0.2, 0.25) is 6.29 Å².